The van der Waals surface area contributed by atoms with Crippen LogP contribution >= 0.6 is 0 Å². The highest BCUT2D eigenvalue weighted by Crippen LogP contribution is 2.16. The zero-order valence-corrected chi connectivity index (χ0v) is 31.7. The third-order valence-corrected chi connectivity index (χ3v) is 9.01. The van der Waals surface area contributed by atoms with Gasteiger partial charge in [0.05, 0.1) is 6.61 Å². The number of rotatable bonds is 37. The van der Waals surface area contributed by atoms with Gasteiger partial charge in [-0.2, -0.15) is 0 Å². The van der Waals surface area contributed by atoms with E-state index < -0.39 is 6.10 Å². The third-order valence-electron chi connectivity index (χ3n) is 9.01. The van der Waals surface area contributed by atoms with Crippen molar-refractivity contribution in [2.75, 3.05) is 13.2 Å². The van der Waals surface area contributed by atoms with Gasteiger partial charge in [0.2, 0.25) is 0 Å². The SMILES string of the molecule is CC/C=C/C=C/C=C/CCCCCCCC(=O)OCC(CO)OC(=O)CCCCCCCCCCCCCCCCCCCCCCC. The molecule has 0 rings (SSSR count). The summed E-state index contributed by atoms with van der Waals surface area (Å²) >= 11 is 0. The van der Waals surface area contributed by atoms with Gasteiger partial charge in [0.15, 0.2) is 6.10 Å². The van der Waals surface area contributed by atoms with Crippen LogP contribution in [0.25, 0.3) is 0 Å². The number of aliphatic hydroxyl groups is 1. The summed E-state index contributed by atoms with van der Waals surface area (Å²) in [7, 11) is 0. The van der Waals surface area contributed by atoms with Crippen molar-refractivity contribution in [2.24, 2.45) is 0 Å². The molecule has 0 fully saturated rings. The van der Waals surface area contributed by atoms with Crippen molar-refractivity contribution in [1.82, 2.24) is 0 Å². The largest absolute Gasteiger partial charge is 0.462 e. The fraction of sp³-hybridized carbons (Fsp3) is 0.814. The van der Waals surface area contributed by atoms with Crippen molar-refractivity contribution in [1.29, 1.82) is 0 Å². The maximum absolute atomic E-state index is 12.2. The molecule has 0 aromatic rings. The molecule has 1 N–H and O–H groups in total. The number of hydrogen-bond donors (Lipinski definition) is 1. The van der Waals surface area contributed by atoms with Crippen LogP contribution in [-0.2, 0) is 19.1 Å². The van der Waals surface area contributed by atoms with Crippen LogP contribution in [0.5, 0.6) is 0 Å². The molecule has 0 bridgehead atoms. The van der Waals surface area contributed by atoms with Crippen molar-refractivity contribution in [3.05, 3.63) is 36.5 Å². The summed E-state index contributed by atoms with van der Waals surface area (Å²) in [6.45, 7) is 4.00. The summed E-state index contributed by atoms with van der Waals surface area (Å²) in [5, 5.41) is 9.55. The van der Waals surface area contributed by atoms with Crippen molar-refractivity contribution in [3.8, 4) is 0 Å². The molecule has 1 atom stereocenters. The average Bonchev–Trinajstić information content (AvgIpc) is 3.09. The Morgan fingerprint density at radius 3 is 1.33 bits per heavy atom. The van der Waals surface area contributed by atoms with Gasteiger partial charge in [0.25, 0.3) is 0 Å². The monoisotopic (exact) mass is 675 g/mol. The van der Waals surface area contributed by atoms with Crippen molar-refractivity contribution in [2.45, 2.75) is 213 Å². The summed E-state index contributed by atoms with van der Waals surface area (Å²) in [4.78, 5) is 24.2. The smallest absolute Gasteiger partial charge is 0.306 e. The van der Waals surface area contributed by atoms with Crippen LogP contribution < -0.4 is 0 Å². The molecule has 0 aliphatic heterocycles. The molecule has 0 radical (unpaired) electrons. The van der Waals surface area contributed by atoms with Crippen molar-refractivity contribution >= 4 is 11.9 Å². The standard InChI is InChI=1S/C43H78O5/c1-3-5-7-9-11-13-15-17-18-19-20-21-22-23-24-26-28-30-32-34-36-38-43(46)48-41(39-44)40-47-42(45)37-35-33-31-29-27-25-16-14-12-10-8-6-4-2/h6,8,10,12,14,16,41,44H,3-5,7,9,11,13,15,17-40H2,1-2H3/b8-6+,12-10+,16-14+. The highest BCUT2D eigenvalue weighted by Gasteiger charge is 2.16. The number of carbonyl (C=O) groups excluding carboxylic acids is 2. The first-order chi connectivity index (χ1) is 23.6. The average molecular weight is 675 g/mol. The van der Waals surface area contributed by atoms with E-state index in [4.69, 9.17) is 9.47 Å². The summed E-state index contributed by atoms with van der Waals surface area (Å²) in [5.74, 6) is -0.609. The number of esters is 2. The van der Waals surface area contributed by atoms with Gasteiger partial charge in [-0.1, -0.05) is 198 Å². The number of aliphatic hydroxyl groups excluding tert-OH is 1. The Kier molecular flexibility index (Phi) is 38.0. The van der Waals surface area contributed by atoms with Gasteiger partial charge in [-0.05, 0) is 32.1 Å². The van der Waals surface area contributed by atoms with Gasteiger partial charge in [-0.15, -0.1) is 0 Å². The highest BCUT2D eigenvalue weighted by molar-refractivity contribution is 5.70. The summed E-state index contributed by atoms with van der Waals surface area (Å²) in [6.07, 6.45) is 47.9. The van der Waals surface area contributed by atoms with Crippen LogP contribution in [0.15, 0.2) is 36.5 Å². The molecule has 0 amide bonds. The molecule has 0 aliphatic rings. The molecule has 48 heavy (non-hydrogen) atoms. The Morgan fingerprint density at radius 1 is 0.500 bits per heavy atom. The molecule has 0 saturated carbocycles. The third kappa shape index (κ3) is 36.9. The fourth-order valence-corrected chi connectivity index (χ4v) is 5.91. The lowest BCUT2D eigenvalue weighted by molar-refractivity contribution is -0.161. The van der Waals surface area contributed by atoms with E-state index in [2.05, 4.69) is 50.3 Å². The van der Waals surface area contributed by atoms with Gasteiger partial charge in [0.1, 0.15) is 6.61 Å². The van der Waals surface area contributed by atoms with Gasteiger partial charge < -0.3 is 14.6 Å². The molecule has 280 valence electrons. The normalized spacial score (nSPS) is 12.5. The molecule has 5 heteroatoms. The van der Waals surface area contributed by atoms with Crippen LogP contribution in [-0.4, -0.2) is 36.4 Å². The summed E-state index contributed by atoms with van der Waals surface area (Å²) in [6, 6.07) is 0. The topological polar surface area (TPSA) is 72.8 Å². The first-order valence-electron chi connectivity index (χ1n) is 20.6. The maximum atomic E-state index is 12.2. The van der Waals surface area contributed by atoms with E-state index in [1.807, 2.05) is 0 Å². The van der Waals surface area contributed by atoms with Crippen LogP contribution in [0, 0.1) is 0 Å². The molecule has 0 aliphatic carbocycles. The Labute approximate surface area is 297 Å². The van der Waals surface area contributed by atoms with Crippen LogP contribution in [0.2, 0.25) is 0 Å². The second kappa shape index (κ2) is 39.6. The maximum Gasteiger partial charge on any atom is 0.306 e. The molecular weight excluding hydrogens is 596 g/mol. The second-order valence-electron chi connectivity index (χ2n) is 13.8. The molecule has 1 unspecified atom stereocenters. The van der Waals surface area contributed by atoms with Gasteiger partial charge in [0, 0.05) is 12.8 Å². The summed E-state index contributed by atoms with van der Waals surface area (Å²) in [5.41, 5.74) is 0. The number of ether oxygens (including phenoxy) is 2. The second-order valence-corrected chi connectivity index (χ2v) is 13.8. The minimum absolute atomic E-state index is 0.0740. The van der Waals surface area contributed by atoms with Gasteiger partial charge >= 0.3 is 11.9 Å². The molecule has 0 heterocycles. The van der Waals surface area contributed by atoms with E-state index >= 15 is 0 Å². The van der Waals surface area contributed by atoms with E-state index in [-0.39, 0.29) is 25.2 Å². The van der Waals surface area contributed by atoms with Crippen LogP contribution in [0.1, 0.15) is 206 Å². The van der Waals surface area contributed by atoms with E-state index in [0.717, 1.165) is 64.2 Å². The zero-order valence-electron chi connectivity index (χ0n) is 31.7. The molecule has 0 spiro atoms. The minimum Gasteiger partial charge on any atom is -0.462 e. The van der Waals surface area contributed by atoms with Crippen LogP contribution in [0.3, 0.4) is 0 Å². The lowest BCUT2D eigenvalue weighted by Crippen LogP contribution is -2.28. The van der Waals surface area contributed by atoms with Crippen LogP contribution in [0.4, 0.5) is 0 Å². The van der Waals surface area contributed by atoms with E-state index in [9.17, 15) is 14.7 Å². The van der Waals surface area contributed by atoms with Crippen molar-refractivity contribution in [3.63, 3.8) is 0 Å². The minimum atomic E-state index is -0.776. The predicted molar refractivity (Wildman–Crippen MR) is 205 cm³/mol. The summed E-state index contributed by atoms with van der Waals surface area (Å²) < 4.78 is 10.6. The Hall–Kier alpha value is -1.88. The predicted octanol–water partition coefficient (Wildman–Crippen LogP) is 12.8. The quantitative estimate of drug-likeness (QED) is 0.0403. The molecule has 0 aromatic heterocycles. The van der Waals surface area contributed by atoms with E-state index in [1.54, 1.807) is 0 Å². The number of allylic oxidation sites excluding steroid dienone is 6. The molecule has 0 aromatic carbocycles. The van der Waals surface area contributed by atoms with Gasteiger partial charge in [-0.25, -0.2) is 0 Å². The lowest BCUT2D eigenvalue weighted by atomic mass is 10.0. The first-order valence-corrected chi connectivity index (χ1v) is 20.6. The van der Waals surface area contributed by atoms with Gasteiger partial charge in [-0.3, -0.25) is 9.59 Å². The first kappa shape index (κ1) is 46.1. The van der Waals surface area contributed by atoms with E-state index in [0.29, 0.717) is 12.8 Å². The Balaban J connectivity index is 3.50. The molecular formula is C43H78O5. The number of carbonyl (C=O) groups is 2. The lowest BCUT2D eigenvalue weighted by Gasteiger charge is -2.15. The number of hydrogen-bond acceptors (Lipinski definition) is 5. The Bertz CT molecular complexity index is 771. The highest BCUT2D eigenvalue weighted by atomic mass is 16.6. The number of unbranched alkanes of at least 4 members (excludes halogenated alkanes) is 25. The molecule has 0 saturated heterocycles. The molecule has 5 nitrogen and oxygen atoms in total. The Morgan fingerprint density at radius 2 is 0.896 bits per heavy atom. The zero-order chi connectivity index (χ0) is 35.0. The van der Waals surface area contributed by atoms with Crippen molar-refractivity contribution < 1.29 is 24.2 Å². The van der Waals surface area contributed by atoms with E-state index in [1.165, 1.54) is 116 Å². The fourth-order valence-electron chi connectivity index (χ4n) is 5.91.